The predicted octanol–water partition coefficient (Wildman–Crippen LogP) is 2.87. The number of terminal acetylenes is 1. The molecule has 1 fully saturated rings. The zero-order chi connectivity index (χ0) is 22.0. The van der Waals surface area contributed by atoms with Crippen molar-refractivity contribution in [3.8, 4) is 18.1 Å². The van der Waals surface area contributed by atoms with Crippen molar-refractivity contribution >= 4 is 37.5 Å². The molecule has 0 N–H and O–H groups in total. The molecule has 0 atom stereocenters. The van der Waals surface area contributed by atoms with E-state index in [9.17, 15) is 13.2 Å². The number of hydrogen-bond acceptors (Lipinski definition) is 5. The van der Waals surface area contributed by atoms with Gasteiger partial charge >= 0.3 is 0 Å². The number of fused-ring (bicyclic) bond motifs is 1. The Morgan fingerprint density at radius 2 is 1.90 bits per heavy atom. The molecule has 0 spiro atoms. The number of amides is 1. The number of hydrogen-bond donors (Lipinski definition) is 0. The molecule has 2 heterocycles. The number of methoxy groups -OCH3 is 1. The van der Waals surface area contributed by atoms with Crippen molar-refractivity contribution in [3.05, 3.63) is 52.8 Å². The zero-order valence-corrected chi connectivity index (χ0v) is 18.6. The fraction of sp³-hybridized carbons (Fsp3) is 0.273. The molecule has 1 aromatic heterocycles. The molecule has 1 saturated heterocycles. The Bertz CT molecular complexity index is 1340. The summed E-state index contributed by atoms with van der Waals surface area (Å²) in [6.07, 6.45) is 7.26. The first-order valence-corrected chi connectivity index (χ1v) is 12.0. The summed E-state index contributed by atoms with van der Waals surface area (Å²) >= 11 is 1.34. The molecular weight excluding hydrogens is 434 g/mol. The van der Waals surface area contributed by atoms with Crippen molar-refractivity contribution in [1.29, 1.82) is 0 Å². The van der Waals surface area contributed by atoms with Crippen molar-refractivity contribution in [1.82, 2.24) is 8.87 Å². The summed E-state index contributed by atoms with van der Waals surface area (Å²) in [5, 5.41) is 0. The van der Waals surface area contributed by atoms with Gasteiger partial charge in [-0.25, -0.2) is 8.42 Å². The van der Waals surface area contributed by atoms with E-state index in [1.54, 1.807) is 11.7 Å². The Balaban J connectivity index is 1.70. The molecule has 0 aliphatic carbocycles. The number of carbonyl (C=O) groups excluding carboxylic acids is 1. The SMILES string of the molecule is C#CCn1c(=NC(=O)c2ccc(S(=O)(=O)N3CCCC3)cc2)sc2cccc(OC)c21. The van der Waals surface area contributed by atoms with Gasteiger partial charge in [0.05, 0.1) is 23.2 Å². The van der Waals surface area contributed by atoms with Crippen LogP contribution in [0.25, 0.3) is 10.2 Å². The number of sulfonamides is 1. The molecule has 2 aromatic carbocycles. The number of aromatic nitrogens is 1. The van der Waals surface area contributed by atoms with Gasteiger partial charge < -0.3 is 9.30 Å². The van der Waals surface area contributed by atoms with Crippen molar-refractivity contribution in [2.75, 3.05) is 20.2 Å². The van der Waals surface area contributed by atoms with Crippen LogP contribution in [0.3, 0.4) is 0 Å². The number of carbonyl (C=O) groups is 1. The fourth-order valence-electron chi connectivity index (χ4n) is 3.58. The molecule has 1 aliphatic rings. The van der Waals surface area contributed by atoms with Gasteiger partial charge in [-0.2, -0.15) is 9.30 Å². The summed E-state index contributed by atoms with van der Waals surface area (Å²) in [6.45, 7) is 1.30. The smallest absolute Gasteiger partial charge is 0.279 e. The van der Waals surface area contributed by atoms with Crippen molar-refractivity contribution in [2.45, 2.75) is 24.3 Å². The molecule has 1 amide bonds. The van der Waals surface area contributed by atoms with Crippen molar-refractivity contribution < 1.29 is 17.9 Å². The molecule has 0 radical (unpaired) electrons. The van der Waals surface area contributed by atoms with Gasteiger partial charge in [-0.3, -0.25) is 4.79 Å². The van der Waals surface area contributed by atoms with Gasteiger partial charge in [-0.15, -0.1) is 6.42 Å². The van der Waals surface area contributed by atoms with Gasteiger partial charge in [-0.1, -0.05) is 23.3 Å². The highest BCUT2D eigenvalue weighted by Crippen LogP contribution is 2.27. The number of thiazole rings is 1. The van der Waals surface area contributed by atoms with E-state index >= 15 is 0 Å². The Morgan fingerprint density at radius 1 is 1.19 bits per heavy atom. The second-order valence-electron chi connectivity index (χ2n) is 7.03. The van der Waals surface area contributed by atoms with E-state index < -0.39 is 15.9 Å². The van der Waals surface area contributed by atoms with Gasteiger partial charge in [0.15, 0.2) is 4.80 Å². The van der Waals surface area contributed by atoms with Gasteiger partial charge in [0.25, 0.3) is 5.91 Å². The quantitative estimate of drug-likeness (QED) is 0.554. The molecule has 0 unspecified atom stereocenters. The minimum Gasteiger partial charge on any atom is -0.495 e. The zero-order valence-electron chi connectivity index (χ0n) is 16.9. The minimum atomic E-state index is -3.53. The fourth-order valence-corrected chi connectivity index (χ4v) is 6.15. The van der Waals surface area contributed by atoms with E-state index in [4.69, 9.17) is 11.2 Å². The summed E-state index contributed by atoms with van der Waals surface area (Å²) in [6, 6.07) is 11.5. The Labute approximate surface area is 184 Å². The standard InChI is InChI=1S/C22H21N3O4S2/c1-3-13-25-20-18(29-2)7-6-8-19(20)30-22(25)23-21(26)16-9-11-17(12-10-16)31(27,28)24-14-4-5-15-24/h1,6-12H,4-5,13-15H2,2H3. The second kappa shape index (κ2) is 8.67. The highest BCUT2D eigenvalue weighted by molar-refractivity contribution is 7.89. The van der Waals surface area contributed by atoms with Crippen LogP contribution >= 0.6 is 11.3 Å². The third kappa shape index (κ3) is 4.02. The predicted molar refractivity (Wildman–Crippen MR) is 120 cm³/mol. The molecule has 31 heavy (non-hydrogen) atoms. The van der Waals surface area contributed by atoms with Crippen LogP contribution in [-0.2, 0) is 16.6 Å². The van der Waals surface area contributed by atoms with E-state index in [1.807, 2.05) is 18.2 Å². The third-order valence-electron chi connectivity index (χ3n) is 5.13. The summed E-state index contributed by atoms with van der Waals surface area (Å²) in [5.74, 6) is 2.77. The molecule has 1 aliphatic heterocycles. The summed E-state index contributed by atoms with van der Waals surface area (Å²) in [4.78, 5) is 17.7. The maximum Gasteiger partial charge on any atom is 0.279 e. The lowest BCUT2D eigenvalue weighted by molar-refractivity contribution is 0.0997. The van der Waals surface area contributed by atoms with Crippen LogP contribution in [0.5, 0.6) is 5.75 Å². The molecular formula is C22H21N3O4S2. The van der Waals surface area contributed by atoms with E-state index in [1.165, 1.54) is 39.9 Å². The first kappa shape index (κ1) is 21.3. The number of benzene rings is 2. The van der Waals surface area contributed by atoms with Gasteiger partial charge in [0.2, 0.25) is 10.0 Å². The van der Waals surface area contributed by atoms with Crippen LogP contribution in [0.2, 0.25) is 0 Å². The van der Waals surface area contributed by atoms with Crippen molar-refractivity contribution in [3.63, 3.8) is 0 Å². The second-order valence-corrected chi connectivity index (χ2v) is 9.98. The first-order chi connectivity index (χ1) is 15.0. The molecule has 9 heteroatoms. The normalized spacial score (nSPS) is 15.3. The maximum atomic E-state index is 12.8. The minimum absolute atomic E-state index is 0.181. The number of nitrogens with zero attached hydrogens (tertiary/aromatic N) is 3. The van der Waals surface area contributed by atoms with Gasteiger partial charge in [0, 0.05) is 18.7 Å². The largest absolute Gasteiger partial charge is 0.495 e. The van der Waals surface area contributed by atoms with Crippen LogP contribution in [0.4, 0.5) is 0 Å². The molecule has 4 rings (SSSR count). The van der Waals surface area contributed by atoms with Crippen LogP contribution in [-0.4, -0.2) is 43.4 Å². The third-order valence-corrected chi connectivity index (χ3v) is 8.09. The van der Waals surface area contributed by atoms with Crippen LogP contribution < -0.4 is 9.54 Å². The lowest BCUT2D eigenvalue weighted by Gasteiger charge is -2.15. The Kier molecular flexibility index (Phi) is 5.96. The summed E-state index contributed by atoms with van der Waals surface area (Å²) < 4.78 is 34.9. The Hall–Kier alpha value is -2.93. The van der Waals surface area contributed by atoms with E-state index in [-0.39, 0.29) is 11.4 Å². The first-order valence-electron chi connectivity index (χ1n) is 9.75. The lowest BCUT2D eigenvalue weighted by Crippen LogP contribution is -2.27. The van der Waals surface area contributed by atoms with Crippen molar-refractivity contribution in [2.24, 2.45) is 4.99 Å². The Morgan fingerprint density at radius 3 is 2.55 bits per heavy atom. The van der Waals surface area contributed by atoms with E-state index in [0.717, 1.165) is 23.1 Å². The number of ether oxygens (including phenoxy) is 1. The lowest BCUT2D eigenvalue weighted by atomic mass is 10.2. The maximum absolute atomic E-state index is 12.8. The highest BCUT2D eigenvalue weighted by Gasteiger charge is 2.27. The highest BCUT2D eigenvalue weighted by atomic mass is 32.2. The molecule has 3 aromatic rings. The number of para-hydroxylation sites is 1. The monoisotopic (exact) mass is 455 g/mol. The van der Waals surface area contributed by atoms with Crippen LogP contribution in [0.1, 0.15) is 23.2 Å². The summed E-state index contributed by atoms with van der Waals surface area (Å²) in [5.41, 5.74) is 1.09. The molecule has 160 valence electrons. The van der Waals surface area contributed by atoms with Crippen LogP contribution in [0, 0.1) is 12.3 Å². The van der Waals surface area contributed by atoms with E-state index in [0.29, 0.717) is 29.2 Å². The molecule has 0 saturated carbocycles. The average Bonchev–Trinajstić information content (AvgIpc) is 3.43. The van der Waals surface area contributed by atoms with Gasteiger partial charge in [0.1, 0.15) is 11.3 Å². The van der Waals surface area contributed by atoms with E-state index in [2.05, 4.69) is 10.9 Å². The van der Waals surface area contributed by atoms with Crippen LogP contribution in [0.15, 0.2) is 52.4 Å². The topological polar surface area (TPSA) is 81.0 Å². The average molecular weight is 456 g/mol. The molecule has 7 nitrogen and oxygen atoms in total. The number of rotatable bonds is 5. The molecule has 0 bridgehead atoms. The summed E-state index contributed by atoms with van der Waals surface area (Å²) in [7, 11) is -1.95. The van der Waals surface area contributed by atoms with Gasteiger partial charge in [-0.05, 0) is 49.2 Å².